The van der Waals surface area contributed by atoms with Gasteiger partial charge in [0.25, 0.3) is 5.91 Å². The van der Waals surface area contributed by atoms with Gasteiger partial charge >= 0.3 is 0 Å². The molecule has 3 nitrogen and oxygen atoms in total. The molecule has 0 aliphatic carbocycles. The number of aryl methyl sites for hydroxylation is 3. The summed E-state index contributed by atoms with van der Waals surface area (Å²) in [4.78, 5) is 12.4. The lowest BCUT2D eigenvalue weighted by Crippen LogP contribution is -2.37. The highest BCUT2D eigenvalue weighted by Crippen LogP contribution is 2.18. The van der Waals surface area contributed by atoms with Gasteiger partial charge in [0.15, 0.2) is 6.10 Å². The van der Waals surface area contributed by atoms with E-state index in [1.54, 1.807) is 6.92 Å². The normalized spacial score (nSPS) is 13.2. The summed E-state index contributed by atoms with van der Waals surface area (Å²) in [5, 5.41) is 3.02. The first-order chi connectivity index (χ1) is 11.4. The average Bonchev–Trinajstić information content (AvgIpc) is 2.58. The van der Waals surface area contributed by atoms with Crippen molar-refractivity contribution in [3.8, 4) is 5.75 Å². The quantitative estimate of drug-likeness (QED) is 0.848. The van der Waals surface area contributed by atoms with Crippen molar-refractivity contribution in [3.63, 3.8) is 0 Å². The predicted octanol–water partition coefficient (Wildman–Crippen LogP) is 4.51. The summed E-state index contributed by atoms with van der Waals surface area (Å²) < 4.78 is 5.77. The number of rotatable bonds is 6. The molecule has 0 fully saturated rings. The maximum Gasteiger partial charge on any atom is 0.261 e. The Bertz CT molecular complexity index is 691. The molecule has 0 unspecified atom stereocenters. The van der Waals surface area contributed by atoms with Crippen molar-refractivity contribution in [2.45, 2.75) is 53.2 Å². The summed E-state index contributed by atoms with van der Waals surface area (Å²) in [6.07, 6.45) is 0.478. The summed E-state index contributed by atoms with van der Waals surface area (Å²) in [7, 11) is 0. The van der Waals surface area contributed by atoms with Crippen molar-refractivity contribution in [1.82, 2.24) is 5.32 Å². The number of nitrogens with one attached hydrogen (secondary N) is 1. The van der Waals surface area contributed by atoms with E-state index in [-0.39, 0.29) is 11.9 Å². The van der Waals surface area contributed by atoms with E-state index in [4.69, 9.17) is 4.74 Å². The van der Waals surface area contributed by atoms with Gasteiger partial charge in [0.05, 0.1) is 6.04 Å². The summed E-state index contributed by atoms with van der Waals surface area (Å²) >= 11 is 0. The third kappa shape index (κ3) is 4.60. The minimum atomic E-state index is -0.538. The number of hydrogen-bond donors (Lipinski definition) is 1. The van der Waals surface area contributed by atoms with E-state index < -0.39 is 6.10 Å². The van der Waals surface area contributed by atoms with Gasteiger partial charge in [-0.2, -0.15) is 0 Å². The zero-order valence-electron chi connectivity index (χ0n) is 15.2. The molecule has 2 rings (SSSR count). The summed E-state index contributed by atoms with van der Waals surface area (Å²) in [5.74, 6) is 0.612. The molecular weight excluding hydrogens is 298 g/mol. The second kappa shape index (κ2) is 8.00. The van der Waals surface area contributed by atoms with E-state index in [1.165, 1.54) is 11.1 Å². The molecule has 1 N–H and O–H groups in total. The van der Waals surface area contributed by atoms with Gasteiger partial charge in [-0.25, -0.2) is 0 Å². The number of benzene rings is 2. The molecule has 0 aliphatic rings. The second-order valence-corrected chi connectivity index (χ2v) is 6.33. The van der Waals surface area contributed by atoms with Crippen LogP contribution in [0.25, 0.3) is 0 Å². The Morgan fingerprint density at radius 2 is 1.71 bits per heavy atom. The number of carbonyl (C=O) groups excluding carboxylic acids is 1. The van der Waals surface area contributed by atoms with Crippen LogP contribution in [0, 0.1) is 13.8 Å². The second-order valence-electron chi connectivity index (χ2n) is 6.33. The highest BCUT2D eigenvalue weighted by atomic mass is 16.5. The van der Waals surface area contributed by atoms with Crippen molar-refractivity contribution >= 4 is 5.91 Å². The maximum atomic E-state index is 12.4. The van der Waals surface area contributed by atoms with Crippen molar-refractivity contribution in [2.24, 2.45) is 0 Å². The van der Waals surface area contributed by atoms with Crippen LogP contribution in [0.15, 0.2) is 42.5 Å². The van der Waals surface area contributed by atoms with Gasteiger partial charge in [0, 0.05) is 0 Å². The Balaban J connectivity index is 1.95. The van der Waals surface area contributed by atoms with Crippen molar-refractivity contribution in [2.75, 3.05) is 0 Å². The van der Waals surface area contributed by atoms with Gasteiger partial charge < -0.3 is 10.1 Å². The topological polar surface area (TPSA) is 38.3 Å². The molecular formula is C21H27NO2. The fraction of sp³-hybridized carbons (Fsp3) is 0.381. The van der Waals surface area contributed by atoms with E-state index in [9.17, 15) is 4.79 Å². The third-order valence-electron chi connectivity index (χ3n) is 4.41. The Labute approximate surface area is 145 Å². The minimum Gasteiger partial charge on any atom is -0.481 e. The average molecular weight is 325 g/mol. The Morgan fingerprint density at radius 1 is 1.04 bits per heavy atom. The fourth-order valence-corrected chi connectivity index (χ4v) is 2.50. The van der Waals surface area contributed by atoms with Crippen LogP contribution in [0.5, 0.6) is 5.75 Å². The largest absolute Gasteiger partial charge is 0.481 e. The summed E-state index contributed by atoms with van der Waals surface area (Å²) in [6, 6.07) is 14.2. The molecule has 0 aliphatic heterocycles. The van der Waals surface area contributed by atoms with Crippen LogP contribution in [-0.2, 0) is 11.2 Å². The van der Waals surface area contributed by atoms with Crippen LogP contribution in [-0.4, -0.2) is 12.0 Å². The number of hydrogen-bond acceptors (Lipinski definition) is 2. The molecule has 0 spiro atoms. The monoisotopic (exact) mass is 325 g/mol. The highest BCUT2D eigenvalue weighted by molar-refractivity contribution is 5.81. The van der Waals surface area contributed by atoms with E-state index >= 15 is 0 Å². The first kappa shape index (κ1) is 18.1. The molecule has 2 atom stereocenters. The molecule has 0 aromatic heterocycles. The minimum absolute atomic E-state index is 0.0470. The molecule has 3 heteroatoms. The van der Waals surface area contributed by atoms with E-state index in [0.717, 1.165) is 23.3 Å². The third-order valence-corrected chi connectivity index (χ3v) is 4.41. The van der Waals surface area contributed by atoms with E-state index in [0.29, 0.717) is 0 Å². The first-order valence-corrected chi connectivity index (χ1v) is 8.53. The molecule has 2 aromatic carbocycles. The summed E-state index contributed by atoms with van der Waals surface area (Å²) in [6.45, 7) is 9.99. The molecule has 1 amide bonds. The van der Waals surface area contributed by atoms with Crippen molar-refractivity contribution in [1.29, 1.82) is 0 Å². The van der Waals surface area contributed by atoms with Crippen LogP contribution in [0.3, 0.4) is 0 Å². The lowest BCUT2D eigenvalue weighted by molar-refractivity contribution is -0.127. The molecule has 0 heterocycles. The lowest BCUT2D eigenvalue weighted by atomic mass is 10.0. The zero-order chi connectivity index (χ0) is 17.7. The first-order valence-electron chi connectivity index (χ1n) is 8.53. The summed E-state index contributed by atoms with van der Waals surface area (Å²) in [5.41, 5.74) is 4.76. The SMILES string of the molecule is CCc1ccc([C@@H](C)NC(=O)[C@H](C)Oc2ccc(C)c(C)c2)cc1. The Morgan fingerprint density at radius 3 is 2.29 bits per heavy atom. The fourth-order valence-electron chi connectivity index (χ4n) is 2.50. The molecule has 0 saturated carbocycles. The van der Waals surface area contributed by atoms with Gasteiger partial charge in [-0.1, -0.05) is 37.3 Å². The van der Waals surface area contributed by atoms with Gasteiger partial charge in [0.2, 0.25) is 0 Å². The number of amides is 1. The Kier molecular flexibility index (Phi) is 6.02. The van der Waals surface area contributed by atoms with Crippen molar-refractivity contribution in [3.05, 3.63) is 64.7 Å². The van der Waals surface area contributed by atoms with E-state index in [1.807, 2.05) is 32.0 Å². The zero-order valence-corrected chi connectivity index (χ0v) is 15.2. The van der Waals surface area contributed by atoms with Crippen LogP contribution >= 0.6 is 0 Å². The van der Waals surface area contributed by atoms with Crippen LogP contribution in [0.2, 0.25) is 0 Å². The standard InChI is InChI=1S/C21H27NO2/c1-6-18-8-10-19(11-9-18)16(4)22-21(23)17(5)24-20-12-7-14(2)15(3)13-20/h7-13,16-17H,6H2,1-5H3,(H,22,23)/t16-,17+/m1/s1. The molecule has 0 bridgehead atoms. The number of carbonyl (C=O) groups is 1. The highest BCUT2D eigenvalue weighted by Gasteiger charge is 2.18. The van der Waals surface area contributed by atoms with Crippen LogP contribution in [0.4, 0.5) is 0 Å². The molecule has 2 aromatic rings. The Hall–Kier alpha value is -2.29. The van der Waals surface area contributed by atoms with Crippen LogP contribution < -0.4 is 10.1 Å². The van der Waals surface area contributed by atoms with Crippen molar-refractivity contribution < 1.29 is 9.53 Å². The molecule has 128 valence electrons. The van der Waals surface area contributed by atoms with Gasteiger partial charge in [-0.3, -0.25) is 4.79 Å². The molecule has 24 heavy (non-hydrogen) atoms. The van der Waals surface area contributed by atoms with Gasteiger partial charge in [0.1, 0.15) is 5.75 Å². The van der Waals surface area contributed by atoms with E-state index in [2.05, 4.69) is 43.4 Å². The molecule has 0 radical (unpaired) electrons. The van der Waals surface area contributed by atoms with Crippen LogP contribution in [0.1, 0.15) is 49.1 Å². The van der Waals surface area contributed by atoms with Gasteiger partial charge in [-0.15, -0.1) is 0 Å². The van der Waals surface area contributed by atoms with Gasteiger partial charge in [-0.05, 0) is 68.5 Å². The predicted molar refractivity (Wildman–Crippen MR) is 98.4 cm³/mol. The smallest absolute Gasteiger partial charge is 0.261 e. The number of ether oxygens (including phenoxy) is 1. The molecule has 0 saturated heterocycles. The maximum absolute atomic E-state index is 12.4. The lowest BCUT2D eigenvalue weighted by Gasteiger charge is -2.19.